The maximum absolute atomic E-state index is 12.3. The van der Waals surface area contributed by atoms with Gasteiger partial charge in [0.15, 0.2) is 0 Å². The van der Waals surface area contributed by atoms with E-state index in [-0.39, 0.29) is 5.91 Å². The highest BCUT2D eigenvalue weighted by atomic mass is 32.2. The predicted molar refractivity (Wildman–Crippen MR) is 100 cm³/mol. The number of rotatable bonds is 6. The monoisotopic (exact) mass is 370 g/mol. The van der Waals surface area contributed by atoms with E-state index in [9.17, 15) is 13.2 Å². The van der Waals surface area contributed by atoms with E-state index in [1.807, 2.05) is 30.3 Å². The van der Waals surface area contributed by atoms with Crippen molar-refractivity contribution in [3.63, 3.8) is 0 Å². The van der Waals surface area contributed by atoms with Crippen LogP contribution in [0.3, 0.4) is 0 Å². The number of hydrogen-bond donors (Lipinski definition) is 3. The van der Waals surface area contributed by atoms with Crippen LogP contribution in [0.5, 0.6) is 0 Å². The topological polar surface area (TPSA) is 104 Å². The van der Waals surface area contributed by atoms with Gasteiger partial charge in [0.05, 0.1) is 11.9 Å². The number of hydrogen-bond acceptors (Lipinski definition) is 4. The minimum atomic E-state index is -3.39. The molecular weight excluding hydrogens is 352 g/mol. The molecular formula is C18H18N4O3S. The molecule has 0 radical (unpaired) electrons. The lowest BCUT2D eigenvalue weighted by Gasteiger charge is -2.08. The van der Waals surface area contributed by atoms with E-state index in [2.05, 4.69) is 20.2 Å². The first-order valence-corrected chi connectivity index (χ1v) is 9.74. The van der Waals surface area contributed by atoms with E-state index >= 15 is 0 Å². The number of anilines is 1. The fraction of sp³-hybridized carbons (Fsp3) is 0.111. The lowest BCUT2D eigenvalue weighted by molar-refractivity contribution is 0.0951. The van der Waals surface area contributed by atoms with Crippen molar-refractivity contribution in [3.8, 4) is 11.3 Å². The first-order chi connectivity index (χ1) is 12.4. The second kappa shape index (κ2) is 7.40. The van der Waals surface area contributed by atoms with Crippen LogP contribution in [0, 0.1) is 0 Å². The highest BCUT2D eigenvalue weighted by Gasteiger charge is 2.08. The van der Waals surface area contributed by atoms with Crippen LogP contribution in [0.15, 0.2) is 60.8 Å². The number of sulfonamides is 1. The van der Waals surface area contributed by atoms with E-state index in [1.165, 1.54) is 6.07 Å². The van der Waals surface area contributed by atoms with Crippen LogP contribution in [-0.4, -0.2) is 30.8 Å². The smallest absolute Gasteiger partial charge is 0.251 e. The SMILES string of the molecule is CS(=O)(=O)Nc1cccc(C(=O)NCc2ccc(-c3ccn[nH]3)cc2)c1. The Labute approximate surface area is 151 Å². The molecule has 3 rings (SSSR count). The van der Waals surface area contributed by atoms with Gasteiger partial charge in [-0.15, -0.1) is 0 Å². The summed E-state index contributed by atoms with van der Waals surface area (Å²) >= 11 is 0. The maximum Gasteiger partial charge on any atom is 0.251 e. The van der Waals surface area contributed by atoms with E-state index in [1.54, 1.807) is 24.4 Å². The molecule has 0 atom stereocenters. The first-order valence-electron chi connectivity index (χ1n) is 7.85. The Morgan fingerprint density at radius 3 is 2.54 bits per heavy atom. The normalized spacial score (nSPS) is 11.1. The molecule has 3 aromatic rings. The largest absolute Gasteiger partial charge is 0.348 e. The second-order valence-corrected chi connectivity index (χ2v) is 7.55. The lowest BCUT2D eigenvalue weighted by atomic mass is 10.1. The average molecular weight is 370 g/mol. The van der Waals surface area contributed by atoms with Gasteiger partial charge in [0, 0.05) is 24.0 Å². The molecule has 134 valence electrons. The summed E-state index contributed by atoms with van der Waals surface area (Å²) in [6, 6.07) is 16.0. The molecule has 8 heteroatoms. The predicted octanol–water partition coefficient (Wildman–Crippen LogP) is 2.38. The van der Waals surface area contributed by atoms with Crippen LogP contribution in [0.2, 0.25) is 0 Å². The third-order valence-electron chi connectivity index (χ3n) is 3.65. The lowest BCUT2D eigenvalue weighted by Crippen LogP contribution is -2.23. The fourth-order valence-electron chi connectivity index (χ4n) is 2.44. The Morgan fingerprint density at radius 2 is 1.88 bits per heavy atom. The van der Waals surface area contributed by atoms with Crippen molar-refractivity contribution < 1.29 is 13.2 Å². The molecule has 3 N–H and O–H groups in total. The quantitative estimate of drug-likeness (QED) is 0.620. The van der Waals surface area contributed by atoms with Crippen LogP contribution in [0.4, 0.5) is 5.69 Å². The summed E-state index contributed by atoms with van der Waals surface area (Å²) in [7, 11) is -3.39. The van der Waals surface area contributed by atoms with Crippen LogP contribution in [0.25, 0.3) is 11.3 Å². The van der Waals surface area contributed by atoms with Crippen molar-refractivity contribution in [2.45, 2.75) is 6.54 Å². The molecule has 0 unspecified atom stereocenters. The maximum atomic E-state index is 12.3. The third-order valence-corrected chi connectivity index (χ3v) is 4.25. The molecule has 0 aliphatic rings. The van der Waals surface area contributed by atoms with E-state index in [0.29, 0.717) is 17.8 Å². The number of aromatic nitrogens is 2. The third kappa shape index (κ3) is 4.70. The zero-order valence-electron chi connectivity index (χ0n) is 14.1. The Morgan fingerprint density at radius 1 is 1.12 bits per heavy atom. The Kier molecular flexibility index (Phi) is 5.04. The molecule has 7 nitrogen and oxygen atoms in total. The molecule has 1 aromatic heterocycles. The minimum absolute atomic E-state index is 0.278. The van der Waals surface area contributed by atoms with Crippen molar-refractivity contribution in [3.05, 3.63) is 71.9 Å². The van der Waals surface area contributed by atoms with Gasteiger partial charge in [0.1, 0.15) is 0 Å². The number of carbonyl (C=O) groups excluding carboxylic acids is 1. The van der Waals surface area contributed by atoms with Crippen LogP contribution in [-0.2, 0) is 16.6 Å². The number of H-pyrrole nitrogens is 1. The van der Waals surface area contributed by atoms with Crippen LogP contribution >= 0.6 is 0 Å². The number of nitrogens with zero attached hydrogens (tertiary/aromatic N) is 1. The van der Waals surface area contributed by atoms with Crippen LogP contribution < -0.4 is 10.0 Å². The van der Waals surface area contributed by atoms with Gasteiger partial charge >= 0.3 is 0 Å². The number of nitrogens with one attached hydrogen (secondary N) is 3. The van der Waals surface area contributed by atoms with Crippen molar-refractivity contribution in [2.75, 3.05) is 11.0 Å². The molecule has 0 saturated carbocycles. The standard InChI is InChI=1S/C18H18N4O3S/c1-26(24,25)22-16-4-2-3-15(11-16)18(23)19-12-13-5-7-14(8-6-13)17-9-10-20-21-17/h2-11,22H,12H2,1H3,(H,19,23)(H,20,21). The summed E-state index contributed by atoms with van der Waals surface area (Å²) in [6.07, 6.45) is 2.75. The molecule has 0 spiro atoms. The number of benzene rings is 2. The summed E-state index contributed by atoms with van der Waals surface area (Å²) in [5, 5.41) is 9.64. The van der Waals surface area contributed by atoms with Crippen molar-refractivity contribution >= 4 is 21.6 Å². The van der Waals surface area contributed by atoms with Gasteiger partial charge in [0.2, 0.25) is 10.0 Å². The molecule has 0 bridgehead atoms. The summed E-state index contributed by atoms with van der Waals surface area (Å²) < 4.78 is 24.9. The highest BCUT2D eigenvalue weighted by Crippen LogP contribution is 2.17. The summed E-state index contributed by atoms with van der Waals surface area (Å²) in [4.78, 5) is 12.3. The van der Waals surface area contributed by atoms with Crippen LogP contribution in [0.1, 0.15) is 15.9 Å². The van der Waals surface area contributed by atoms with Gasteiger partial charge in [-0.05, 0) is 35.4 Å². The Hall–Kier alpha value is -3.13. The molecule has 1 amide bonds. The molecule has 26 heavy (non-hydrogen) atoms. The first kappa shape index (κ1) is 17.7. The van der Waals surface area contributed by atoms with Gasteiger partial charge in [-0.25, -0.2) is 8.42 Å². The van der Waals surface area contributed by atoms with Crippen molar-refractivity contribution in [1.29, 1.82) is 0 Å². The van der Waals surface area contributed by atoms with E-state index < -0.39 is 10.0 Å². The van der Waals surface area contributed by atoms with Crippen molar-refractivity contribution in [1.82, 2.24) is 15.5 Å². The minimum Gasteiger partial charge on any atom is -0.348 e. The molecule has 0 aliphatic carbocycles. The van der Waals surface area contributed by atoms with Gasteiger partial charge in [0.25, 0.3) is 5.91 Å². The zero-order chi connectivity index (χ0) is 18.6. The molecule has 0 saturated heterocycles. The van der Waals surface area contributed by atoms with E-state index in [0.717, 1.165) is 23.1 Å². The Balaban J connectivity index is 1.63. The Bertz CT molecular complexity index is 997. The number of aromatic amines is 1. The number of amides is 1. The van der Waals surface area contributed by atoms with Crippen molar-refractivity contribution in [2.24, 2.45) is 0 Å². The second-order valence-electron chi connectivity index (χ2n) is 5.80. The van der Waals surface area contributed by atoms with Gasteiger partial charge in [-0.3, -0.25) is 14.6 Å². The molecule has 1 heterocycles. The highest BCUT2D eigenvalue weighted by molar-refractivity contribution is 7.92. The molecule has 0 fully saturated rings. The van der Waals surface area contributed by atoms with Gasteiger partial charge < -0.3 is 5.32 Å². The van der Waals surface area contributed by atoms with Gasteiger partial charge in [-0.1, -0.05) is 30.3 Å². The average Bonchev–Trinajstić information content (AvgIpc) is 3.13. The summed E-state index contributed by atoms with van der Waals surface area (Å²) in [5.74, 6) is -0.278. The summed E-state index contributed by atoms with van der Waals surface area (Å²) in [6.45, 7) is 0.367. The van der Waals surface area contributed by atoms with Gasteiger partial charge in [-0.2, -0.15) is 5.10 Å². The molecule has 2 aromatic carbocycles. The fourth-order valence-corrected chi connectivity index (χ4v) is 3.00. The molecule has 0 aliphatic heterocycles. The van der Waals surface area contributed by atoms with E-state index in [4.69, 9.17) is 0 Å². The summed E-state index contributed by atoms with van der Waals surface area (Å²) in [5.41, 5.74) is 3.62. The number of carbonyl (C=O) groups is 1. The zero-order valence-corrected chi connectivity index (χ0v) is 14.9.